The van der Waals surface area contributed by atoms with Gasteiger partial charge in [-0.25, -0.2) is 5.06 Å². The van der Waals surface area contributed by atoms with Crippen molar-refractivity contribution in [2.45, 2.75) is 76.9 Å². The van der Waals surface area contributed by atoms with E-state index in [1.54, 1.807) is 11.3 Å². The molecule has 0 aromatic carbocycles. The predicted octanol–water partition coefficient (Wildman–Crippen LogP) is 3.58. The van der Waals surface area contributed by atoms with Crippen molar-refractivity contribution in [3.63, 3.8) is 0 Å². The SMILES string of the molecule is NCCCCCCC(=O)N(Cc1ccccn1)OC1CCCCC1. The molecule has 5 heteroatoms. The van der Waals surface area contributed by atoms with E-state index in [0.717, 1.165) is 50.8 Å². The Morgan fingerprint density at radius 3 is 2.67 bits per heavy atom. The van der Waals surface area contributed by atoms with Crippen LogP contribution in [0, 0.1) is 0 Å². The zero-order chi connectivity index (χ0) is 17.0. The molecule has 0 bridgehead atoms. The van der Waals surface area contributed by atoms with Gasteiger partial charge in [-0.15, -0.1) is 0 Å². The summed E-state index contributed by atoms with van der Waals surface area (Å²) in [5.41, 5.74) is 6.37. The van der Waals surface area contributed by atoms with Crippen molar-refractivity contribution in [3.8, 4) is 0 Å². The van der Waals surface area contributed by atoms with Gasteiger partial charge in [0.2, 0.25) is 5.91 Å². The highest BCUT2D eigenvalue weighted by Gasteiger charge is 2.22. The standard InChI is InChI=1S/C19H31N3O2/c20-14-8-2-1-6-13-19(23)22(16-17-10-7-9-15-21-17)24-18-11-4-3-5-12-18/h7,9-10,15,18H,1-6,8,11-14,16,20H2. The molecule has 1 aromatic rings. The molecule has 1 fully saturated rings. The minimum Gasteiger partial charge on any atom is -0.330 e. The van der Waals surface area contributed by atoms with E-state index >= 15 is 0 Å². The van der Waals surface area contributed by atoms with E-state index in [0.29, 0.717) is 13.0 Å². The maximum absolute atomic E-state index is 12.6. The molecule has 1 saturated carbocycles. The van der Waals surface area contributed by atoms with Crippen LogP contribution >= 0.6 is 0 Å². The van der Waals surface area contributed by atoms with Gasteiger partial charge in [-0.3, -0.25) is 14.6 Å². The normalized spacial score (nSPS) is 15.4. The van der Waals surface area contributed by atoms with Gasteiger partial charge in [0.25, 0.3) is 0 Å². The van der Waals surface area contributed by atoms with Gasteiger partial charge < -0.3 is 5.73 Å². The van der Waals surface area contributed by atoms with Crippen LogP contribution in [0.3, 0.4) is 0 Å². The molecule has 0 atom stereocenters. The lowest BCUT2D eigenvalue weighted by atomic mass is 9.98. The Morgan fingerprint density at radius 2 is 1.96 bits per heavy atom. The number of nitrogens with zero attached hydrogens (tertiary/aromatic N) is 2. The predicted molar refractivity (Wildman–Crippen MR) is 94.9 cm³/mol. The van der Waals surface area contributed by atoms with Crippen LogP contribution in [-0.2, 0) is 16.2 Å². The molecule has 1 aliphatic rings. The van der Waals surface area contributed by atoms with Crippen molar-refractivity contribution in [2.24, 2.45) is 5.73 Å². The number of aromatic nitrogens is 1. The van der Waals surface area contributed by atoms with Gasteiger partial charge in [-0.05, 0) is 44.4 Å². The van der Waals surface area contributed by atoms with Crippen LogP contribution in [0.4, 0.5) is 0 Å². The molecule has 0 radical (unpaired) electrons. The number of hydrogen-bond acceptors (Lipinski definition) is 4. The smallest absolute Gasteiger partial charge is 0.246 e. The van der Waals surface area contributed by atoms with Crippen LogP contribution in [0.5, 0.6) is 0 Å². The third-order valence-electron chi connectivity index (χ3n) is 4.48. The zero-order valence-corrected chi connectivity index (χ0v) is 14.7. The average Bonchev–Trinajstić information content (AvgIpc) is 2.62. The Hall–Kier alpha value is -1.46. The van der Waals surface area contributed by atoms with Gasteiger partial charge in [0, 0.05) is 12.6 Å². The third kappa shape index (κ3) is 6.97. The number of hydrogen-bond donors (Lipinski definition) is 1. The van der Waals surface area contributed by atoms with Crippen LogP contribution in [0.25, 0.3) is 0 Å². The molecule has 0 saturated heterocycles. The van der Waals surface area contributed by atoms with Crippen LogP contribution in [-0.4, -0.2) is 28.6 Å². The fourth-order valence-electron chi connectivity index (χ4n) is 3.07. The van der Waals surface area contributed by atoms with Crippen molar-refractivity contribution in [1.82, 2.24) is 10.0 Å². The summed E-state index contributed by atoms with van der Waals surface area (Å²) in [6, 6.07) is 5.76. The van der Waals surface area contributed by atoms with E-state index in [9.17, 15) is 4.79 Å². The number of amides is 1. The highest BCUT2D eigenvalue weighted by atomic mass is 16.7. The molecule has 1 amide bonds. The lowest BCUT2D eigenvalue weighted by Gasteiger charge is -2.29. The molecule has 1 aromatic heterocycles. The van der Waals surface area contributed by atoms with Gasteiger partial charge in [0.15, 0.2) is 0 Å². The van der Waals surface area contributed by atoms with Crippen LogP contribution in [0.2, 0.25) is 0 Å². The van der Waals surface area contributed by atoms with E-state index in [-0.39, 0.29) is 12.0 Å². The van der Waals surface area contributed by atoms with E-state index < -0.39 is 0 Å². The second-order valence-electron chi connectivity index (χ2n) is 6.57. The first-order valence-corrected chi connectivity index (χ1v) is 9.36. The summed E-state index contributed by atoms with van der Waals surface area (Å²) in [5.74, 6) is 0.0685. The van der Waals surface area contributed by atoms with Gasteiger partial charge in [-0.2, -0.15) is 0 Å². The van der Waals surface area contributed by atoms with Gasteiger partial charge >= 0.3 is 0 Å². The maximum atomic E-state index is 12.6. The Balaban J connectivity index is 1.86. The molecule has 0 aliphatic heterocycles. The van der Waals surface area contributed by atoms with Crippen molar-refractivity contribution in [2.75, 3.05) is 6.54 Å². The number of hydroxylamine groups is 2. The summed E-state index contributed by atoms with van der Waals surface area (Å²) in [5, 5.41) is 1.56. The Morgan fingerprint density at radius 1 is 1.17 bits per heavy atom. The Labute approximate surface area is 145 Å². The number of carbonyl (C=O) groups is 1. The van der Waals surface area contributed by atoms with Crippen molar-refractivity contribution in [1.29, 1.82) is 0 Å². The lowest BCUT2D eigenvalue weighted by Crippen LogP contribution is -2.35. The van der Waals surface area contributed by atoms with E-state index in [1.165, 1.54) is 19.3 Å². The van der Waals surface area contributed by atoms with Crippen LogP contribution < -0.4 is 5.73 Å². The molecule has 0 unspecified atom stereocenters. The Bertz CT molecular complexity index is 461. The zero-order valence-electron chi connectivity index (χ0n) is 14.7. The molecule has 1 heterocycles. The molecule has 0 spiro atoms. The molecule has 24 heavy (non-hydrogen) atoms. The molecule has 1 aliphatic carbocycles. The minimum atomic E-state index is 0.0685. The summed E-state index contributed by atoms with van der Waals surface area (Å²) in [7, 11) is 0. The summed E-state index contributed by atoms with van der Waals surface area (Å²) in [4.78, 5) is 23.0. The first-order valence-electron chi connectivity index (χ1n) is 9.36. The summed E-state index contributed by atoms with van der Waals surface area (Å²) >= 11 is 0. The highest BCUT2D eigenvalue weighted by molar-refractivity contribution is 5.75. The van der Waals surface area contributed by atoms with Crippen molar-refractivity contribution >= 4 is 5.91 Å². The molecule has 2 rings (SSSR count). The molecule has 134 valence electrons. The molecule has 5 nitrogen and oxygen atoms in total. The fraction of sp³-hybridized carbons (Fsp3) is 0.684. The quantitative estimate of drug-likeness (QED) is 0.525. The number of pyridine rings is 1. The Kier molecular flexibility index (Phi) is 8.77. The topological polar surface area (TPSA) is 68.5 Å². The lowest BCUT2D eigenvalue weighted by molar-refractivity contribution is -0.215. The second-order valence-corrected chi connectivity index (χ2v) is 6.57. The second kappa shape index (κ2) is 11.2. The van der Waals surface area contributed by atoms with E-state index in [1.807, 2.05) is 18.2 Å². The average molecular weight is 333 g/mol. The van der Waals surface area contributed by atoms with E-state index in [2.05, 4.69) is 4.98 Å². The molecular formula is C19H31N3O2. The first kappa shape index (κ1) is 18.9. The number of unbranched alkanes of at least 4 members (excludes halogenated alkanes) is 3. The van der Waals surface area contributed by atoms with Gasteiger partial charge in [0.05, 0.1) is 18.3 Å². The highest BCUT2D eigenvalue weighted by Crippen LogP contribution is 2.22. The molecular weight excluding hydrogens is 302 g/mol. The van der Waals surface area contributed by atoms with Crippen LogP contribution in [0.1, 0.15) is 69.9 Å². The maximum Gasteiger partial charge on any atom is 0.246 e. The van der Waals surface area contributed by atoms with Crippen molar-refractivity contribution < 1.29 is 9.63 Å². The number of carbonyl (C=O) groups excluding carboxylic acids is 1. The first-order chi connectivity index (χ1) is 11.8. The molecule has 2 N–H and O–H groups in total. The van der Waals surface area contributed by atoms with E-state index in [4.69, 9.17) is 10.6 Å². The van der Waals surface area contributed by atoms with Gasteiger partial charge in [-0.1, -0.05) is 38.2 Å². The van der Waals surface area contributed by atoms with Crippen LogP contribution in [0.15, 0.2) is 24.4 Å². The van der Waals surface area contributed by atoms with Gasteiger partial charge in [0.1, 0.15) is 0 Å². The number of rotatable bonds is 10. The summed E-state index contributed by atoms with van der Waals surface area (Å²) < 4.78 is 0. The minimum absolute atomic E-state index is 0.0685. The summed E-state index contributed by atoms with van der Waals surface area (Å²) in [6.07, 6.45) is 12.3. The summed E-state index contributed by atoms with van der Waals surface area (Å²) in [6.45, 7) is 1.16. The monoisotopic (exact) mass is 333 g/mol. The number of nitrogens with two attached hydrogens (primary N) is 1. The largest absolute Gasteiger partial charge is 0.330 e. The van der Waals surface area contributed by atoms with Crippen molar-refractivity contribution in [3.05, 3.63) is 30.1 Å². The third-order valence-corrected chi connectivity index (χ3v) is 4.48. The fourth-order valence-corrected chi connectivity index (χ4v) is 3.07.